The second-order valence-corrected chi connectivity index (χ2v) is 6.99. The summed E-state index contributed by atoms with van der Waals surface area (Å²) in [7, 11) is 5.18. The van der Waals surface area contributed by atoms with Crippen LogP contribution in [0.2, 0.25) is 0 Å². The van der Waals surface area contributed by atoms with E-state index in [-0.39, 0.29) is 23.5 Å². The van der Waals surface area contributed by atoms with Gasteiger partial charge < -0.3 is 15.0 Å². The number of pyridine rings is 1. The van der Waals surface area contributed by atoms with Crippen LogP contribution in [0.3, 0.4) is 0 Å². The van der Waals surface area contributed by atoms with Crippen LogP contribution >= 0.6 is 0 Å². The molecule has 0 spiro atoms. The Morgan fingerprint density at radius 2 is 1.80 bits per heavy atom. The Morgan fingerprint density at radius 3 is 2.47 bits per heavy atom. The van der Waals surface area contributed by atoms with Crippen LogP contribution in [0.5, 0.6) is 5.75 Å². The number of aromatic nitrogens is 1. The maximum atomic E-state index is 13.8. The largest absolute Gasteiger partial charge is 0.496 e. The first-order valence-corrected chi connectivity index (χ1v) is 9.26. The Labute approximate surface area is 172 Å². The molecule has 1 unspecified atom stereocenters. The van der Waals surface area contributed by atoms with E-state index < -0.39 is 23.2 Å². The second-order valence-electron chi connectivity index (χ2n) is 6.99. The highest BCUT2D eigenvalue weighted by molar-refractivity contribution is 6.00. The molecule has 0 fully saturated rings. The third kappa shape index (κ3) is 4.38. The number of amides is 1. The summed E-state index contributed by atoms with van der Waals surface area (Å²) in [6, 6.07) is 12.9. The van der Waals surface area contributed by atoms with Crippen LogP contribution in [0.15, 0.2) is 54.7 Å². The maximum Gasteiger partial charge on any atom is 0.417 e. The van der Waals surface area contributed by atoms with Crippen molar-refractivity contribution in [2.24, 2.45) is 0 Å². The molecule has 1 N–H and O–H groups in total. The molecule has 0 radical (unpaired) electrons. The zero-order valence-electron chi connectivity index (χ0n) is 16.8. The number of rotatable bonds is 6. The van der Waals surface area contributed by atoms with Gasteiger partial charge >= 0.3 is 6.18 Å². The Morgan fingerprint density at radius 1 is 1.13 bits per heavy atom. The average molecular weight is 417 g/mol. The lowest BCUT2D eigenvalue weighted by molar-refractivity contribution is -0.136. The number of alkyl halides is 3. The second kappa shape index (κ2) is 8.71. The third-order valence-electron chi connectivity index (χ3n) is 4.88. The molecule has 5 nitrogen and oxygen atoms in total. The van der Waals surface area contributed by atoms with E-state index >= 15 is 0 Å². The third-order valence-corrected chi connectivity index (χ3v) is 4.88. The van der Waals surface area contributed by atoms with Gasteiger partial charge in [-0.1, -0.05) is 36.4 Å². The normalized spacial score (nSPS) is 12.8. The molecule has 0 aliphatic carbocycles. The van der Waals surface area contributed by atoms with Gasteiger partial charge in [-0.2, -0.15) is 13.2 Å². The van der Waals surface area contributed by atoms with E-state index in [1.807, 2.05) is 37.2 Å². The minimum Gasteiger partial charge on any atom is -0.496 e. The summed E-state index contributed by atoms with van der Waals surface area (Å²) in [6.07, 6.45) is -3.72. The predicted molar refractivity (Wildman–Crippen MR) is 109 cm³/mol. The SMILES string of the molecule is COc1ccccc1C(CNC(=O)c1cnc2ccccc2c1C(F)(F)F)N(C)C. The van der Waals surface area contributed by atoms with Gasteiger partial charge in [0.05, 0.1) is 29.8 Å². The first-order chi connectivity index (χ1) is 14.2. The molecule has 8 heteroatoms. The highest BCUT2D eigenvalue weighted by atomic mass is 19.4. The maximum absolute atomic E-state index is 13.8. The Balaban J connectivity index is 1.93. The predicted octanol–water partition coefficient (Wildman–Crippen LogP) is 4.29. The molecule has 0 aliphatic rings. The quantitative estimate of drug-likeness (QED) is 0.650. The van der Waals surface area contributed by atoms with Crippen LogP contribution in [0.1, 0.15) is 27.5 Å². The fraction of sp³-hybridized carbons (Fsp3) is 0.273. The number of carbonyl (C=O) groups is 1. The van der Waals surface area contributed by atoms with Crippen molar-refractivity contribution in [3.8, 4) is 5.75 Å². The van der Waals surface area contributed by atoms with Gasteiger partial charge in [0.1, 0.15) is 5.75 Å². The number of ether oxygens (including phenoxy) is 1. The van der Waals surface area contributed by atoms with Crippen molar-refractivity contribution < 1.29 is 22.7 Å². The molecule has 1 atom stereocenters. The smallest absolute Gasteiger partial charge is 0.417 e. The van der Waals surface area contributed by atoms with E-state index in [2.05, 4.69) is 10.3 Å². The van der Waals surface area contributed by atoms with Crippen molar-refractivity contribution in [2.45, 2.75) is 12.2 Å². The fourth-order valence-electron chi connectivity index (χ4n) is 3.42. The topological polar surface area (TPSA) is 54.5 Å². The Hall–Kier alpha value is -3.13. The summed E-state index contributed by atoms with van der Waals surface area (Å²) >= 11 is 0. The van der Waals surface area contributed by atoms with E-state index in [0.717, 1.165) is 11.8 Å². The number of para-hydroxylation sites is 2. The molecule has 0 saturated heterocycles. The number of nitrogens with zero attached hydrogens (tertiary/aromatic N) is 2. The van der Waals surface area contributed by atoms with Gasteiger partial charge in [-0.15, -0.1) is 0 Å². The van der Waals surface area contributed by atoms with Crippen molar-refractivity contribution in [2.75, 3.05) is 27.7 Å². The molecular formula is C22H22F3N3O2. The molecule has 1 heterocycles. The average Bonchev–Trinajstić information content (AvgIpc) is 2.72. The summed E-state index contributed by atoms with van der Waals surface area (Å²) in [4.78, 5) is 18.7. The number of hydrogen-bond acceptors (Lipinski definition) is 4. The van der Waals surface area contributed by atoms with Gasteiger partial charge in [0.2, 0.25) is 0 Å². The van der Waals surface area contributed by atoms with E-state index in [9.17, 15) is 18.0 Å². The number of hydrogen-bond donors (Lipinski definition) is 1. The lowest BCUT2D eigenvalue weighted by Gasteiger charge is -2.26. The van der Waals surface area contributed by atoms with E-state index in [0.29, 0.717) is 5.75 Å². The van der Waals surface area contributed by atoms with Crippen LogP contribution in [-0.2, 0) is 6.18 Å². The van der Waals surface area contributed by atoms with Crippen molar-refractivity contribution in [1.82, 2.24) is 15.2 Å². The number of fused-ring (bicyclic) bond motifs is 1. The van der Waals surface area contributed by atoms with Crippen LogP contribution in [0, 0.1) is 0 Å². The summed E-state index contributed by atoms with van der Waals surface area (Å²) in [5.74, 6) is -0.198. The number of nitrogens with one attached hydrogen (secondary N) is 1. The molecule has 0 aliphatic heterocycles. The first kappa shape index (κ1) is 21.6. The minimum atomic E-state index is -4.70. The monoisotopic (exact) mass is 417 g/mol. The van der Waals surface area contributed by atoms with E-state index in [1.165, 1.54) is 18.2 Å². The molecule has 1 aromatic heterocycles. The van der Waals surface area contributed by atoms with Crippen molar-refractivity contribution in [1.29, 1.82) is 0 Å². The van der Waals surface area contributed by atoms with Crippen molar-refractivity contribution >= 4 is 16.8 Å². The standard InChI is InChI=1S/C22H22F3N3O2/c1-28(2)18(15-9-5-7-11-19(15)30-3)13-27-21(29)16-12-26-17-10-6-4-8-14(17)20(16)22(23,24)25/h4-12,18H,13H2,1-3H3,(H,27,29). The summed E-state index contributed by atoms with van der Waals surface area (Å²) in [6.45, 7) is 0.0936. The van der Waals surface area contributed by atoms with Gasteiger partial charge in [0.25, 0.3) is 5.91 Å². The van der Waals surface area contributed by atoms with Crippen molar-refractivity contribution in [3.05, 3.63) is 71.4 Å². The van der Waals surface area contributed by atoms with Crippen LogP contribution in [0.4, 0.5) is 13.2 Å². The lowest BCUT2D eigenvalue weighted by atomic mass is 10.0. The van der Waals surface area contributed by atoms with Gasteiger partial charge in [0.15, 0.2) is 0 Å². The van der Waals surface area contributed by atoms with E-state index in [1.54, 1.807) is 19.2 Å². The van der Waals surface area contributed by atoms with Crippen LogP contribution in [0.25, 0.3) is 10.9 Å². The van der Waals surface area contributed by atoms with Crippen molar-refractivity contribution in [3.63, 3.8) is 0 Å². The van der Waals surface area contributed by atoms with Gasteiger partial charge in [-0.25, -0.2) is 0 Å². The van der Waals surface area contributed by atoms with Crippen LogP contribution < -0.4 is 10.1 Å². The summed E-state index contributed by atoms with van der Waals surface area (Å²) in [5, 5.41) is 2.53. The Bertz CT molecular complexity index is 1050. The number of methoxy groups -OCH3 is 1. The molecule has 0 bridgehead atoms. The fourth-order valence-corrected chi connectivity index (χ4v) is 3.42. The molecule has 0 saturated carbocycles. The highest BCUT2D eigenvalue weighted by Gasteiger charge is 2.37. The molecule has 30 heavy (non-hydrogen) atoms. The van der Waals surface area contributed by atoms with Gasteiger partial charge in [-0.05, 0) is 26.2 Å². The van der Waals surface area contributed by atoms with Gasteiger partial charge in [0, 0.05) is 23.7 Å². The number of halogens is 3. The lowest BCUT2D eigenvalue weighted by Crippen LogP contribution is -2.35. The summed E-state index contributed by atoms with van der Waals surface area (Å²) < 4.78 is 46.8. The number of likely N-dealkylation sites (N-methyl/N-ethyl adjacent to an activating group) is 1. The number of benzene rings is 2. The van der Waals surface area contributed by atoms with E-state index in [4.69, 9.17) is 4.74 Å². The molecule has 1 amide bonds. The zero-order valence-corrected chi connectivity index (χ0v) is 16.8. The number of carbonyl (C=O) groups excluding carboxylic acids is 1. The molecule has 3 aromatic rings. The first-order valence-electron chi connectivity index (χ1n) is 9.26. The molecular weight excluding hydrogens is 395 g/mol. The Kier molecular flexibility index (Phi) is 6.26. The molecule has 3 rings (SSSR count). The highest BCUT2D eigenvalue weighted by Crippen LogP contribution is 2.37. The zero-order chi connectivity index (χ0) is 21.9. The molecule has 158 valence electrons. The van der Waals surface area contributed by atoms with Crippen LogP contribution in [-0.4, -0.2) is 43.5 Å². The minimum absolute atomic E-state index is 0.0936. The molecule has 2 aromatic carbocycles. The summed E-state index contributed by atoms with van der Waals surface area (Å²) in [5.41, 5.74) is -0.484. The van der Waals surface area contributed by atoms with Gasteiger partial charge in [-0.3, -0.25) is 9.78 Å².